The monoisotopic (exact) mass is 304 g/mol. The molecule has 0 heterocycles. The van der Waals surface area contributed by atoms with Crippen LogP contribution in [0.3, 0.4) is 0 Å². The summed E-state index contributed by atoms with van der Waals surface area (Å²) in [7, 11) is 0. The third-order valence-corrected chi connectivity index (χ3v) is 4.56. The Bertz CT molecular complexity index is 664. The summed E-state index contributed by atoms with van der Waals surface area (Å²) in [6.45, 7) is 0. The maximum atomic E-state index is 12.1. The van der Waals surface area contributed by atoms with Crippen LogP contribution in [0.4, 0.5) is 0 Å². The van der Waals surface area contributed by atoms with Crippen molar-refractivity contribution in [1.29, 1.82) is 0 Å². The van der Waals surface area contributed by atoms with Gasteiger partial charge in [0.15, 0.2) is 0 Å². The van der Waals surface area contributed by atoms with E-state index in [1.165, 1.54) is 11.1 Å². The highest BCUT2D eigenvalue weighted by Crippen LogP contribution is 2.37. The zero-order valence-corrected chi connectivity index (χ0v) is 12.4. The number of Topliss-reactive ketones (excluding diaryl/α,β-unsaturated/α-hetero) is 1. The average Bonchev–Trinajstić information content (AvgIpc) is 2.40. The number of rotatable bonds is 4. The summed E-state index contributed by atoms with van der Waals surface area (Å²) < 4.78 is 0. The first-order chi connectivity index (χ1) is 9.63. The smallest absolute Gasteiger partial charge is 0.137 e. The molecule has 0 aliphatic heterocycles. The topological polar surface area (TPSA) is 17.1 Å². The van der Waals surface area contributed by atoms with E-state index in [0.29, 0.717) is 28.8 Å². The normalized spacial score (nSPS) is 16.4. The van der Waals surface area contributed by atoms with E-state index >= 15 is 0 Å². The van der Waals surface area contributed by atoms with Crippen LogP contribution in [-0.2, 0) is 17.6 Å². The van der Waals surface area contributed by atoms with Crippen LogP contribution in [0.1, 0.15) is 29.0 Å². The lowest BCUT2D eigenvalue weighted by molar-refractivity contribution is -0.118. The molecule has 1 atom stereocenters. The summed E-state index contributed by atoms with van der Waals surface area (Å²) in [5.41, 5.74) is 3.63. The van der Waals surface area contributed by atoms with Crippen LogP contribution in [0.25, 0.3) is 0 Å². The van der Waals surface area contributed by atoms with Gasteiger partial charge < -0.3 is 0 Å². The van der Waals surface area contributed by atoms with Crippen LogP contribution in [0.15, 0.2) is 42.5 Å². The molecule has 0 fully saturated rings. The van der Waals surface area contributed by atoms with Crippen molar-refractivity contribution in [3.05, 3.63) is 69.2 Å². The fourth-order valence-electron chi connectivity index (χ4n) is 2.77. The molecule has 1 aliphatic rings. The van der Waals surface area contributed by atoms with Gasteiger partial charge in [0.25, 0.3) is 0 Å². The largest absolute Gasteiger partial charge is 0.299 e. The predicted octanol–water partition coefficient (Wildman–Crippen LogP) is 4.84. The fourth-order valence-corrected chi connectivity index (χ4v) is 3.09. The van der Waals surface area contributed by atoms with Crippen molar-refractivity contribution >= 4 is 29.0 Å². The Morgan fingerprint density at radius 2 is 1.90 bits per heavy atom. The lowest BCUT2D eigenvalue weighted by Gasteiger charge is -2.29. The Hall–Kier alpha value is -1.31. The second-order valence-electron chi connectivity index (χ2n) is 5.27. The van der Waals surface area contributed by atoms with Gasteiger partial charge >= 0.3 is 0 Å². The van der Waals surface area contributed by atoms with E-state index in [2.05, 4.69) is 12.1 Å². The molecule has 0 radical (unpaired) electrons. The van der Waals surface area contributed by atoms with Crippen molar-refractivity contribution in [1.82, 2.24) is 0 Å². The standard InChI is InChI=1S/C17H14Cl2O/c18-16-6-5-11(8-17(16)19)7-14(20)10-13-9-12-3-1-2-4-15(12)13/h1-6,8,13H,7,9-10H2. The molecule has 102 valence electrons. The number of hydrogen-bond donors (Lipinski definition) is 0. The molecule has 2 aromatic carbocycles. The molecule has 2 aromatic rings. The van der Waals surface area contributed by atoms with Crippen LogP contribution in [-0.4, -0.2) is 5.78 Å². The quantitative estimate of drug-likeness (QED) is 0.790. The zero-order chi connectivity index (χ0) is 14.1. The van der Waals surface area contributed by atoms with Gasteiger partial charge in [0, 0.05) is 12.8 Å². The van der Waals surface area contributed by atoms with Crippen LogP contribution >= 0.6 is 23.2 Å². The molecule has 0 spiro atoms. The van der Waals surface area contributed by atoms with Gasteiger partial charge in [-0.05, 0) is 41.2 Å². The second-order valence-corrected chi connectivity index (χ2v) is 6.08. The van der Waals surface area contributed by atoms with Crippen molar-refractivity contribution < 1.29 is 4.79 Å². The van der Waals surface area contributed by atoms with Crippen LogP contribution in [0.2, 0.25) is 10.0 Å². The van der Waals surface area contributed by atoms with Crippen molar-refractivity contribution in [2.75, 3.05) is 0 Å². The first-order valence-corrected chi connectivity index (χ1v) is 7.42. The lowest BCUT2D eigenvalue weighted by Crippen LogP contribution is -2.20. The molecular formula is C17H14Cl2O. The van der Waals surface area contributed by atoms with Crippen LogP contribution in [0, 0.1) is 0 Å². The van der Waals surface area contributed by atoms with Crippen molar-refractivity contribution in [2.24, 2.45) is 0 Å². The predicted molar refractivity (Wildman–Crippen MR) is 82.7 cm³/mol. The lowest BCUT2D eigenvalue weighted by atomic mass is 9.75. The van der Waals surface area contributed by atoms with E-state index in [1.54, 1.807) is 12.1 Å². The molecule has 0 N–H and O–H groups in total. The molecule has 0 saturated carbocycles. The van der Waals surface area contributed by atoms with Gasteiger partial charge in [-0.2, -0.15) is 0 Å². The maximum Gasteiger partial charge on any atom is 0.137 e. The molecule has 0 amide bonds. The first-order valence-electron chi connectivity index (χ1n) is 6.67. The SMILES string of the molecule is O=C(Cc1ccc(Cl)c(Cl)c1)CC1Cc2ccccc21. The van der Waals surface area contributed by atoms with Crippen molar-refractivity contribution in [3.63, 3.8) is 0 Å². The maximum absolute atomic E-state index is 12.1. The highest BCUT2D eigenvalue weighted by molar-refractivity contribution is 6.42. The molecular weight excluding hydrogens is 291 g/mol. The Kier molecular flexibility index (Phi) is 3.82. The van der Waals surface area contributed by atoms with Gasteiger partial charge in [-0.15, -0.1) is 0 Å². The summed E-state index contributed by atoms with van der Waals surface area (Å²) in [4.78, 5) is 12.1. The third kappa shape index (κ3) is 2.74. The number of hydrogen-bond acceptors (Lipinski definition) is 1. The van der Waals surface area contributed by atoms with Crippen LogP contribution in [0.5, 0.6) is 0 Å². The number of benzene rings is 2. The molecule has 0 aromatic heterocycles. The molecule has 3 rings (SSSR count). The number of halogens is 2. The summed E-state index contributed by atoms with van der Waals surface area (Å²) in [6, 6.07) is 13.7. The minimum Gasteiger partial charge on any atom is -0.299 e. The highest BCUT2D eigenvalue weighted by atomic mass is 35.5. The third-order valence-electron chi connectivity index (χ3n) is 3.82. The molecule has 0 bridgehead atoms. The van der Waals surface area contributed by atoms with Gasteiger partial charge in [0.1, 0.15) is 5.78 Å². The van der Waals surface area contributed by atoms with E-state index < -0.39 is 0 Å². The van der Waals surface area contributed by atoms with E-state index in [4.69, 9.17) is 23.2 Å². The van der Waals surface area contributed by atoms with Gasteiger partial charge in [-0.3, -0.25) is 4.79 Å². The van der Waals surface area contributed by atoms with Crippen LogP contribution < -0.4 is 0 Å². The van der Waals surface area contributed by atoms with E-state index in [-0.39, 0.29) is 5.78 Å². The van der Waals surface area contributed by atoms with E-state index in [9.17, 15) is 4.79 Å². The number of carbonyl (C=O) groups is 1. The minimum absolute atomic E-state index is 0.253. The van der Waals surface area contributed by atoms with E-state index in [1.807, 2.05) is 18.2 Å². The number of ketones is 1. The fraction of sp³-hybridized carbons (Fsp3) is 0.235. The number of carbonyl (C=O) groups excluding carboxylic acids is 1. The average molecular weight is 305 g/mol. The summed E-state index contributed by atoms with van der Waals surface area (Å²) in [5, 5.41) is 1.03. The Balaban J connectivity index is 1.62. The number of fused-ring (bicyclic) bond motifs is 1. The minimum atomic E-state index is 0.253. The van der Waals surface area contributed by atoms with E-state index in [0.717, 1.165) is 12.0 Å². The summed E-state index contributed by atoms with van der Waals surface area (Å²) in [5.74, 6) is 0.643. The van der Waals surface area contributed by atoms with Gasteiger partial charge in [-0.1, -0.05) is 53.5 Å². The molecule has 0 saturated heterocycles. The summed E-state index contributed by atoms with van der Waals surface area (Å²) in [6.07, 6.45) is 2.05. The molecule has 20 heavy (non-hydrogen) atoms. The Labute approximate surface area is 128 Å². The molecule has 1 aliphatic carbocycles. The Morgan fingerprint density at radius 1 is 1.10 bits per heavy atom. The van der Waals surface area contributed by atoms with Crippen molar-refractivity contribution in [3.8, 4) is 0 Å². The zero-order valence-electron chi connectivity index (χ0n) is 10.9. The molecule has 1 nitrogen and oxygen atoms in total. The second kappa shape index (κ2) is 5.59. The van der Waals surface area contributed by atoms with Crippen molar-refractivity contribution in [2.45, 2.75) is 25.2 Å². The highest BCUT2D eigenvalue weighted by Gasteiger charge is 2.27. The Morgan fingerprint density at radius 3 is 2.65 bits per heavy atom. The van der Waals surface area contributed by atoms with Gasteiger partial charge in [-0.25, -0.2) is 0 Å². The van der Waals surface area contributed by atoms with Gasteiger partial charge in [0.2, 0.25) is 0 Å². The van der Waals surface area contributed by atoms with Gasteiger partial charge in [0.05, 0.1) is 10.0 Å². The molecule has 1 unspecified atom stereocenters. The first kappa shape index (κ1) is 13.7. The summed E-state index contributed by atoms with van der Waals surface area (Å²) >= 11 is 11.8. The molecule has 3 heteroatoms.